The molecule has 1 heterocycles. The zero-order valence-corrected chi connectivity index (χ0v) is 12.0. The van der Waals surface area contributed by atoms with Gasteiger partial charge in [-0.2, -0.15) is 0 Å². The third-order valence-corrected chi connectivity index (χ3v) is 3.10. The van der Waals surface area contributed by atoms with Crippen molar-refractivity contribution in [2.45, 2.75) is 12.5 Å². The van der Waals surface area contributed by atoms with E-state index in [2.05, 4.69) is 0 Å². The van der Waals surface area contributed by atoms with Crippen LogP contribution in [0.25, 0.3) is 0 Å². The first-order chi connectivity index (χ1) is 10.2. The molecular formula is C15H18O6. The summed E-state index contributed by atoms with van der Waals surface area (Å²) in [5.41, 5.74) is 0.841. The smallest absolute Gasteiger partial charge is 0.330 e. The van der Waals surface area contributed by atoms with Crippen molar-refractivity contribution >= 4 is 5.97 Å². The summed E-state index contributed by atoms with van der Waals surface area (Å²) < 4.78 is 21.4. The summed E-state index contributed by atoms with van der Waals surface area (Å²) in [6.07, 6.45) is 2.63. The van der Waals surface area contributed by atoms with Crippen LogP contribution in [-0.2, 0) is 16.0 Å². The Kier molecular flexibility index (Phi) is 5.05. The molecule has 1 aliphatic heterocycles. The van der Waals surface area contributed by atoms with E-state index in [4.69, 9.17) is 24.1 Å². The number of aliphatic hydroxyl groups is 1. The second kappa shape index (κ2) is 6.99. The van der Waals surface area contributed by atoms with Crippen molar-refractivity contribution in [3.8, 4) is 17.2 Å². The number of methoxy groups -OCH3 is 2. The van der Waals surface area contributed by atoms with Crippen molar-refractivity contribution in [3.05, 3.63) is 29.8 Å². The molecule has 0 saturated carbocycles. The molecule has 6 nitrogen and oxygen atoms in total. The number of fused-ring (bicyclic) bond motifs is 1. The summed E-state index contributed by atoms with van der Waals surface area (Å²) in [5.74, 6) is 1.45. The maximum absolute atomic E-state index is 11.5. The second-order valence-electron chi connectivity index (χ2n) is 4.47. The monoisotopic (exact) mass is 294 g/mol. The fourth-order valence-corrected chi connectivity index (χ4v) is 2.12. The highest BCUT2D eigenvalue weighted by atomic mass is 16.6. The summed E-state index contributed by atoms with van der Waals surface area (Å²) in [4.78, 5) is 11.5. The Labute approximate surface area is 122 Å². The fourth-order valence-electron chi connectivity index (χ4n) is 2.12. The van der Waals surface area contributed by atoms with E-state index in [1.807, 2.05) is 0 Å². The number of esters is 1. The SMILES string of the molecule is COc1cc(OC)c2c(c1)OCC(OC(=O)/C=C/CO)C2. The summed E-state index contributed by atoms with van der Waals surface area (Å²) >= 11 is 0. The predicted molar refractivity (Wildman–Crippen MR) is 74.9 cm³/mol. The van der Waals surface area contributed by atoms with Crippen LogP contribution in [0.1, 0.15) is 5.56 Å². The van der Waals surface area contributed by atoms with Gasteiger partial charge in [-0.3, -0.25) is 0 Å². The number of rotatable bonds is 5. The van der Waals surface area contributed by atoms with Gasteiger partial charge in [0.15, 0.2) is 0 Å². The van der Waals surface area contributed by atoms with Crippen molar-refractivity contribution in [2.75, 3.05) is 27.4 Å². The molecule has 0 bridgehead atoms. The van der Waals surface area contributed by atoms with Crippen LogP contribution in [0.3, 0.4) is 0 Å². The molecule has 2 rings (SSSR count). The third kappa shape index (κ3) is 3.66. The molecule has 1 aliphatic rings. The first-order valence-corrected chi connectivity index (χ1v) is 6.53. The third-order valence-electron chi connectivity index (χ3n) is 3.10. The van der Waals surface area contributed by atoms with Gasteiger partial charge in [-0.15, -0.1) is 0 Å². The summed E-state index contributed by atoms with van der Waals surface area (Å²) in [7, 11) is 3.14. The van der Waals surface area contributed by atoms with Crippen LogP contribution in [0.5, 0.6) is 17.2 Å². The zero-order chi connectivity index (χ0) is 15.2. The van der Waals surface area contributed by atoms with Gasteiger partial charge in [-0.25, -0.2) is 4.79 Å². The lowest BCUT2D eigenvalue weighted by Crippen LogP contribution is -2.30. The van der Waals surface area contributed by atoms with Gasteiger partial charge in [-0.1, -0.05) is 6.08 Å². The van der Waals surface area contributed by atoms with E-state index < -0.39 is 12.1 Å². The van der Waals surface area contributed by atoms with E-state index in [0.29, 0.717) is 23.7 Å². The molecular weight excluding hydrogens is 276 g/mol. The van der Waals surface area contributed by atoms with Crippen molar-refractivity contribution < 1.29 is 28.8 Å². The Morgan fingerprint density at radius 3 is 2.90 bits per heavy atom. The van der Waals surface area contributed by atoms with Gasteiger partial charge in [0, 0.05) is 30.2 Å². The Morgan fingerprint density at radius 2 is 2.24 bits per heavy atom. The Morgan fingerprint density at radius 1 is 1.43 bits per heavy atom. The molecule has 0 saturated heterocycles. The summed E-state index contributed by atoms with van der Waals surface area (Å²) in [5, 5.41) is 8.62. The lowest BCUT2D eigenvalue weighted by atomic mass is 10.0. The van der Waals surface area contributed by atoms with Crippen molar-refractivity contribution in [1.82, 2.24) is 0 Å². The normalized spacial score (nSPS) is 17.0. The molecule has 1 atom stereocenters. The van der Waals surface area contributed by atoms with Crippen molar-refractivity contribution in [1.29, 1.82) is 0 Å². The highest BCUT2D eigenvalue weighted by Gasteiger charge is 2.26. The maximum atomic E-state index is 11.5. The molecule has 1 N–H and O–H groups in total. The number of ether oxygens (including phenoxy) is 4. The number of carbonyl (C=O) groups excluding carboxylic acids is 1. The first-order valence-electron chi connectivity index (χ1n) is 6.53. The minimum absolute atomic E-state index is 0.202. The molecule has 1 aromatic carbocycles. The molecule has 0 fully saturated rings. The van der Waals surface area contributed by atoms with Gasteiger partial charge in [0.25, 0.3) is 0 Å². The molecule has 0 aliphatic carbocycles. The standard InChI is InChI=1S/C15H18O6/c1-18-10-7-13(19-2)12-6-11(9-20-14(12)8-10)21-15(17)4-3-5-16/h3-4,7-8,11,16H,5-6,9H2,1-2H3/b4-3+. The van der Waals surface area contributed by atoms with Crippen LogP contribution in [0, 0.1) is 0 Å². The van der Waals surface area contributed by atoms with Gasteiger partial charge in [0.05, 0.1) is 20.8 Å². The molecule has 21 heavy (non-hydrogen) atoms. The molecule has 1 aromatic rings. The average Bonchev–Trinajstić information content (AvgIpc) is 2.51. The average molecular weight is 294 g/mol. The van der Waals surface area contributed by atoms with Crippen molar-refractivity contribution in [3.63, 3.8) is 0 Å². The van der Waals surface area contributed by atoms with Gasteiger partial charge >= 0.3 is 5.97 Å². The van der Waals surface area contributed by atoms with E-state index >= 15 is 0 Å². The van der Waals surface area contributed by atoms with Crippen LogP contribution >= 0.6 is 0 Å². The molecule has 0 amide bonds. The van der Waals surface area contributed by atoms with E-state index in [9.17, 15) is 4.79 Å². The Balaban J connectivity index is 2.12. The van der Waals surface area contributed by atoms with Gasteiger partial charge in [0.2, 0.25) is 0 Å². The van der Waals surface area contributed by atoms with E-state index in [-0.39, 0.29) is 13.2 Å². The van der Waals surface area contributed by atoms with Gasteiger partial charge < -0.3 is 24.1 Å². The quantitative estimate of drug-likeness (QED) is 0.647. The lowest BCUT2D eigenvalue weighted by Gasteiger charge is -2.26. The zero-order valence-electron chi connectivity index (χ0n) is 12.0. The van der Waals surface area contributed by atoms with Crippen LogP contribution in [0.15, 0.2) is 24.3 Å². The molecule has 6 heteroatoms. The van der Waals surface area contributed by atoms with Gasteiger partial charge in [0.1, 0.15) is 30.0 Å². The topological polar surface area (TPSA) is 74.2 Å². The number of aliphatic hydroxyl groups excluding tert-OH is 1. The summed E-state index contributed by atoms with van der Waals surface area (Å²) in [6, 6.07) is 3.54. The van der Waals surface area contributed by atoms with Gasteiger partial charge in [-0.05, 0) is 0 Å². The molecule has 0 spiro atoms. The van der Waals surface area contributed by atoms with Crippen LogP contribution in [-0.4, -0.2) is 44.6 Å². The number of hydrogen-bond donors (Lipinski definition) is 1. The molecule has 0 aromatic heterocycles. The molecule has 0 radical (unpaired) electrons. The van der Waals surface area contributed by atoms with Crippen LogP contribution in [0.2, 0.25) is 0 Å². The highest BCUT2D eigenvalue weighted by Crippen LogP contribution is 2.37. The highest BCUT2D eigenvalue weighted by molar-refractivity contribution is 5.82. The molecule has 114 valence electrons. The predicted octanol–water partition coefficient (Wildman–Crippen LogP) is 1.10. The largest absolute Gasteiger partial charge is 0.496 e. The summed E-state index contributed by atoms with van der Waals surface area (Å²) in [6.45, 7) is 0.0642. The van der Waals surface area contributed by atoms with E-state index in [1.165, 1.54) is 12.2 Å². The number of benzene rings is 1. The second-order valence-corrected chi connectivity index (χ2v) is 4.47. The molecule has 1 unspecified atom stereocenters. The first kappa shape index (κ1) is 15.2. The van der Waals surface area contributed by atoms with E-state index in [1.54, 1.807) is 26.4 Å². The Hall–Kier alpha value is -2.21. The Bertz CT molecular complexity index is 520. The van der Waals surface area contributed by atoms with Crippen LogP contribution in [0.4, 0.5) is 0 Å². The van der Waals surface area contributed by atoms with E-state index in [0.717, 1.165) is 5.56 Å². The minimum atomic E-state index is -0.506. The number of carbonyl (C=O) groups is 1. The maximum Gasteiger partial charge on any atom is 0.330 e. The lowest BCUT2D eigenvalue weighted by molar-refractivity contribution is -0.145. The van der Waals surface area contributed by atoms with Crippen molar-refractivity contribution in [2.24, 2.45) is 0 Å². The van der Waals surface area contributed by atoms with Crippen LogP contribution < -0.4 is 14.2 Å². The minimum Gasteiger partial charge on any atom is -0.496 e. The number of hydrogen-bond acceptors (Lipinski definition) is 6. The fraction of sp³-hybridized carbons (Fsp3) is 0.400.